The molecule has 1 atom stereocenters. The molecule has 0 bridgehead atoms. The lowest BCUT2D eigenvalue weighted by Gasteiger charge is -2.30. The standard InChI is InChI=1S/C11H15BrN4O3.ClH/c12-8-5-16(11(19)14-10(8)18)6-9(17)15-3-1-2-7(13)4-15;/h5,7H,1-4,6,13H2,(H,14,18,19);1H. The second-order valence-corrected chi connectivity index (χ2v) is 5.46. The largest absolute Gasteiger partial charge is 0.340 e. The minimum absolute atomic E-state index is 0. The molecule has 1 unspecified atom stereocenters. The molecule has 9 heteroatoms. The highest BCUT2D eigenvalue weighted by Gasteiger charge is 2.21. The number of carbonyl (C=O) groups excluding carboxylic acids is 1. The van der Waals surface area contributed by atoms with E-state index in [1.54, 1.807) is 4.90 Å². The highest BCUT2D eigenvalue weighted by atomic mass is 79.9. The molecule has 1 aliphatic rings. The number of hydrogen-bond donors (Lipinski definition) is 2. The van der Waals surface area contributed by atoms with Crippen LogP contribution in [0.4, 0.5) is 0 Å². The van der Waals surface area contributed by atoms with Crippen molar-refractivity contribution in [2.75, 3.05) is 13.1 Å². The van der Waals surface area contributed by atoms with Gasteiger partial charge in [-0.3, -0.25) is 19.1 Å². The summed E-state index contributed by atoms with van der Waals surface area (Å²) in [4.78, 5) is 38.6. The Morgan fingerprint density at radius 3 is 2.85 bits per heavy atom. The van der Waals surface area contributed by atoms with Gasteiger partial charge in [0.15, 0.2) is 0 Å². The van der Waals surface area contributed by atoms with Gasteiger partial charge in [0.05, 0.1) is 4.47 Å². The van der Waals surface area contributed by atoms with E-state index < -0.39 is 11.2 Å². The molecule has 7 nitrogen and oxygen atoms in total. The number of amides is 1. The first-order valence-corrected chi connectivity index (χ1v) is 6.79. The van der Waals surface area contributed by atoms with Crippen molar-refractivity contribution in [1.82, 2.24) is 14.5 Å². The smallest absolute Gasteiger partial charge is 0.328 e. The Morgan fingerprint density at radius 1 is 1.50 bits per heavy atom. The van der Waals surface area contributed by atoms with E-state index >= 15 is 0 Å². The number of H-pyrrole nitrogens is 1. The Morgan fingerprint density at radius 2 is 2.20 bits per heavy atom. The third-order valence-electron chi connectivity index (χ3n) is 3.08. The number of nitrogens with zero attached hydrogens (tertiary/aromatic N) is 2. The first kappa shape index (κ1) is 16.9. The van der Waals surface area contributed by atoms with Gasteiger partial charge in [0, 0.05) is 25.3 Å². The molecular formula is C11H16BrClN4O3. The van der Waals surface area contributed by atoms with Gasteiger partial charge in [0.2, 0.25) is 5.91 Å². The Labute approximate surface area is 129 Å². The molecule has 1 aromatic heterocycles. The Bertz CT molecular complexity index is 600. The molecule has 20 heavy (non-hydrogen) atoms. The fourth-order valence-electron chi connectivity index (χ4n) is 2.08. The summed E-state index contributed by atoms with van der Waals surface area (Å²) < 4.78 is 1.39. The molecule has 0 aliphatic carbocycles. The second kappa shape index (κ2) is 7.05. The minimum Gasteiger partial charge on any atom is -0.340 e. The third kappa shape index (κ3) is 3.94. The zero-order chi connectivity index (χ0) is 14.0. The number of carbonyl (C=O) groups is 1. The van der Waals surface area contributed by atoms with Gasteiger partial charge in [-0.05, 0) is 28.8 Å². The van der Waals surface area contributed by atoms with Gasteiger partial charge in [-0.2, -0.15) is 0 Å². The second-order valence-electron chi connectivity index (χ2n) is 4.61. The molecule has 3 N–H and O–H groups in total. The van der Waals surface area contributed by atoms with Crippen LogP contribution in [0, 0.1) is 0 Å². The molecular weight excluding hydrogens is 352 g/mol. The fraction of sp³-hybridized carbons (Fsp3) is 0.545. The average molecular weight is 368 g/mol. The van der Waals surface area contributed by atoms with E-state index in [0.717, 1.165) is 12.8 Å². The molecule has 2 rings (SSSR count). The van der Waals surface area contributed by atoms with Crippen LogP contribution < -0.4 is 17.0 Å². The summed E-state index contributed by atoms with van der Waals surface area (Å²) in [5.74, 6) is -0.170. The van der Waals surface area contributed by atoms with E-state index in [2.05, 4.69) is 20.9 Å². The van der Waals surface area contributed by atoms with Crippen LogP contribution in [-0.2, 0) is 11.3 Å². The topological polar surface area (TPSA) is 101 Å². The van der Waals surface area contributed by atoms with E-state index in [1.165, 1.54) is 10.8 Å². The molecule has 1 aromatic rings. The molecule has 1 saturated heterocycles. The van der Waals surface area contributed by atoms with Crippen molar-refractivity contribution in [2.45, 2.75) is 25.4 Å². The van der Waals surface area contributed by atoms with Crippen LogP contribution in [0.25, 0.3) is 0 Å². The molecule has 0 radical (unpaired) electrons. The predicted octanol–water partition coefficient (Wildman–Crippen LogP) is -0.329. The van der Waals surface area contributed by atoms with E-state index in [-0.39, 0.29) is 35.4 Å². The Balaban J connectivity index is 0.00000200. The van der Waals surface area contributed by atoms with Crippen LogP contribution in [0.3, 0.4) is 0 Å². The maximum atomic E-state index is 12.1. The summed E-state index contributed by atoms with van der Waals surface area (Å²) >= 11 is 3.03. The number of piperidine rings is 1. The summed E-state index contributed by atoms with van der Waals surface area (Å²) in [6.07, 6.45) is 3.11. The number of halogens is 2. The lowest BCUT2D eigenvalue weighted by atomic mass is 10.1. The zero-order valence-corrected chi connectivity index (χ0v) is 13.1. The Hall–Kier alpha value is -1.12. The number of hydrogen-bond acceptors (Lipinski definition) is 4. The number of aromatic amines is 1. The highest BCUT2D eigenvalue weighted by Crippen LogP contribution is 2.09. The van der Waals surface area contributed by atoms with Gasteiger partial charge in [-0.1, -0.05) is 0 Å². The number of nitrogens with two attached hydrogens (primary N) is 1. The van der Waals surface area contributed by atoms with Gasteiger partial charge >= 0.3 is 5.69 Å². The molecule has 1 aliphatic heterocycles. The van der Waals surface area contributed by atoms with Crippen molar-refractivity contribution >= 4 is 34.2 Å². The van der Waals surface area contributed by atoms with E-state index in [0.29, 0.717) is 13.1 Å². The molecule has 0 aromatic carbocycles. The molecule has 0 saturated carbocycles. The van der Waals surface area contributed by atoms with Gasteiger partial charge in [0.1, 0.15) is 6.54 Å². The maximum absolute atomic E-state index is 12.1. The quantitative estimate of drug-likeness (QED) is 0.747. The van der Waals surface area contributed by atoms with E-state index in [1.807, 2.05) is 0 Å². The maximum Gasteiger partial charge on any atom is 0.328 e. The van der Waals surface area contributed by atoms with E-state index in [9.17, 15) is 14.4 Å². The van der Waals surface area contributed by atoms with Crippen molar-refractivity contribution in [3.63, 3.8) is 0 Å². The first-order valence-electron chi connectivity index (χ1n) is 6.00. The summed E-state index contributed by atoms with van der Waals surface area (Å²) in [6.45, 7) is 1.07. The molecule has 1 fully saturated rings. The number of rotatable bonds is 2. The van der Waals surface area contributed by atoms with Crippen LogP contribution in [0.1, 0.15) is 12.8 Å². The SMILES string of the molecule is Cl.NC1CCCN(C(=O)Cn2cc(Br)c(=O)[nH]c2=O)C1. The van der Waals surface area contributed by atoms with Crippen LogP contribution >= 0.6 is 28.3 Å². The van der Waals surface area contributed by atoms with Gasteiger partial charge in [0.25, 0.3) is 5.56 Å². The van der Waals surface area contributed by atoms with Gasteiger partial charge in [-0.25, -0.2) is 4.79 Å². The van der Waals surface area contributed by atoms with Crippen LogP contribution in [0.5, 0.6) is 0 Å². The summed E-state index contributed by atoms with van der Waals surface area (Å²) in [7, 11) is 0. The summed E-state index contributed by atoms with van der Waals surface area (Å²) in [5.41, 5.74) is 4.71. The monoisotopic (exact) mass is 366 g/mol. The lowest BCUT2D eigenvalue weighted by molar-refractivity contribution is -0.133. The average Bonchev–Trinajstić information content (AvgIpc) is 2.36. The molecule has 1 amide bonds. The highest BCUT2D eigenvalue weighted by molar-refractivity contribution is 9.10. The normalized spacial score (nSPS) is 18.5. The van der Waals surface area contributed by atoms with Crippen molar-refractivity contribution in [3.8, 4) is 0 Å². The molecule has 0 spiro atoms. The third-order valence-corrected chi connectivity index (χ3v) is 3.65. The van der Waals surface area contributed by atoms with Crippen LogP contribution in [0.2, 0.25) is 0 Å². The lowest BCUT2D eigenvalue weighted by Crippen LogP contribution is -2.47. The number of aromatic nitrogens is 2. The number of nitrogens with one attached hydrogen (secondary N) is 1. The first-order chi connectivity index (χ1) is 8.97. The van der Waals surface area contributed by atoms with Crippen molar-refractivity contribution in [2.24, 2.45) is 5.73 Å². The van der Waals surface area contributed by atoms with Gasteiger partial charge < -0.3 is 10.6 Å². The molecule has 2 heterocycles. The predicted molar refractivity (Wildman–Crippen MR) is 80.1 cm³/mol. The molecule has 112 valence electrons. The van der Waals surface area contributed by atoms with Gasteiger partial charge in [-0.15, -0.1) is 12.4 Å². The minimum atomic E-state index is -0.595. The van der Waals surface area contributed by atoms with Crippen molar-refractivity contribution in [3.05, 3.63) is 31.5 Å². The fourth-order valence-corrected chi connectivity index (χ4v) is 2.43. The van der Waals surface area contributed by atoms with Crippen molar-refractivity contribution in [1.29, 1.82) is 0 Å². The zero-order valence-electron chi connectivity index (χ0n) is 10.7. The van der Waals surface area contributed by atoms with Crippen molar-refractivity contribution < 1.29 is 4.79 Å². The summed E-state index contributed by atoms with van der Waals surface area (Å²) in [5, 5.41) is 0. The van der Waals surface area contributed by atoms with Crippen LogP contribution in [-0.4, -0.2) is 39.5 Å². The summed E-state index contributed by atoms with van der Waals surface area (Å²) in [6, 6.07) is -0.00302. The van der Waals surface area contributed by atoms with Crippen LogP contribution in [0.15, 0.2) is 20.3 Å². The number of likely N-dealkylation sites (tertiary alicyclic amines) is 1. The van der Waals surface area contributed by atoms with E-state index in [4.69, 9.17) is 5.73 Å². The Kier molecular flexibility index (Phi) is 5.97.